The molecule has 0 radical (unpaired) electrons. The molecule has 0 atom stereocenters. The van der Waals surface area contributed by atoms with E-state index in [0.717, 1.165) is 19.3 Å². The topological polar surface area (TPSA) is 26.3 Å². The SMILES string of the molecule is CCOC(=O)CCCCCC(Cl)(Cl)Cl. The molecule has 0 N–H and O–H groups in total. The molecule has 0 aromatic heterocycles. The minimum atomic E-state index is -1.16. The van der Waals surface area contributed by atoms with E-state index >= 15 is 0 Å². The number of alkyl halides is 3. The average Bonchev–Trinajstić information content (AvgIpc) is 2.02. The van der Waals surface area contributed by atoms with Gasteiger partial charge in [0.1, 0.15) is 0 Å². The molecular weight excluding hydrogens is 246 g/mol. The van der Waals surface area contributed by atoms with E-state index in [1.165, 1.54) is 0 Å². The Kier molecular flexibility index (Phi) is 7.79. The molecule has 84 valence electrons. The van der Waals surface area contributed by atoms with Crippen LogP contribution in [-0.4, -0.2) is 16.4 Å². The summed E-state index contributed by atoms with van der Waals surface area (Å²) in [6.07, 6.45) is 3.47. The third kappa shape index (κ3) is 10.4. The first kappa shape index (κ1) is 14.3. The first-order chi connectivity index (χ1) is 6.45. The van der Waals surface area contributed by atoms with E-state index in [-0.39, 0.29) is 5.97 Å². The number of rotatable bonds is 6. The first-order valence-electron chi connectivity index (χ1n) is 4.68. The van der Waals surface area contributed by atoms with Gasteiger partial charge in [-0.3, -0.25) is 4.79 Å². The van der Waals surface area contributed by atoms with Crippen LogP contribution in [0.25, 0.3) is 0 Å². The van der Waals surface area contributed by atoms with Crippen LogP contribution < -0.4 is 0 Å². The smallest absolute Gasteiger partial charge is 0.305 e. The Labute approximate surface area is 99.8 Å². The fourth-order valence-electron chi connectivity index (χ4n) is 1.00. The number of esters is 1. The van der Waals surface area contributed by atoms with E-state index in [9.17, 15) is 4.79 Å². The highest BCUT2D eigenvalue weighted by molar-refractivity contribution is 6.67. The van der Waals surface area contributed by atoms with Crippen molar-refractivity contribution in [1.82, 2.24) is 0 Å². The Bertz CT molecular complexity index is 166. The van der Waals surface area contributed by atoms with Crippen LogP contribution in [0.5, 0.6) is 0 Å². The molecule has 0 unspecified atom stereocenters. The summed E-state index contributed by atoms with van der Waals surface area (Å²) in [6, 6.07) is 0. The molecule has 0 aromatic carbocycles. The fourth-order valence-corrected chi connectivity index (χ4v) is 1.41. The van der Waals surface area contributed by atoms with E-state index in [1.807, 2.05) is 0 Å². The summed E-state index contributed by atoms with van der Waals surface area (Å²) in [6.45, 7) is 2.23. The lowest BCUT2D eigenvalue weighted by atomic mass is 10.1. The molecule has 2 nitrogen and oxygen atoms in total. The highest BCUT2D eigenvalue weighted by atomic mass is 35.6. The van der Waals surface area contributed by atoms with Crippen molar-refractivity contribution in [1.29, 1.82) is 0 Å². The van der Waals surface area contributed by atoms with Crippen molar-refractivity contribution in [2.45, 2.75) is 42.8 Å². The number of hydrogen-bond donors (Lipinski definition) is 0. The maximum absolute atomic E-state index is 10.9. The van der Waals surface area contributed by atoms with Gasteiger partial charge in [0.05, 0.1) is 6.61 Å². The predicted octanol–water partition coefficient (Wildman–Crippen LogP) is 3.87. The minimum absolute atomic E-state index is 0.151. The largest absolute Gasteiger partial charge is 0.466 e. The van der Waals surface area contributed by atoms with Crippen LogP contribution in [0, 0.1) is 0 Å². The standard InChI is InChI=1S/C9H15Cl3O2/c1-2-14-8(13)6-4-3-5-7-9(10,11)12/h2-7H2,1H3. The Morgan fingerprint density at radius 1 is 1.21 bits per heavy atom. The van der Waals surface area contributed by atoms with Crippen LogP contribution in [0.4, 0.5) is 0 Å². The maximum Gasteiger partial charge on any atom is 0.305 e. The minimum Gasteiger partial charge on any atom is -0.466 e. The third-order valence-corrected chi connectivity index (χ3v) is 2.21. The molecule has 0 heterocycles. The Hall–Kier alpha value is 0.340. The quantitative estimate of drug-likeness (QED) is 0.412. The van der Waals surface area contributed by atoms with Crippen molar-refractivity contribution in [2.75, 3.05) is 6.61 Å². The first-order valence-corrected chi connectivity index (χ1v) is 5.81. The van der Waals surface area contributed by atoms with Crippen molar-refractivity contribution in [3.05, 3.63) is 0 Å². The molecule has 0 aliphatic heterocycles. The third-order valence-electron chi connectivity index (χ3n) is 1.65. The van der Waals surface area contributed by atoms with E-state index in [4.69, 9.17) is 39.5 Å². The summed E-state index contributed by atoms with van der Waals surface area (Å²) in [7, 11) is 0. The van der Waals surface area contributed by atoms with E-state index in [0.29, 0.717) is 19.4 Å². The monoisotopic (exact) mass is 260 g/mol. The number of hydrogen-bond acceptors (Lipinski definition) is 2. The zero-order valence-corrected chi connectivity index (χ0v) is 10.5. The molecule has 0 rings (SSSR count). The van der Waals surface area contributed by atoms with Gasteiger partial charge in [0.25, 0.3) is 0 Å². The van der Waals surface area contributed by atoms with Crippen LogP contribution >= 0.6 is 34.8 Å². The normalized spacial score (nSPS) is 11.4. The fraction of sp³-hybridized carbons (Fsp3) is 0.889. The average molecular weight is 262 g/mol. The molecule has 0 fully saturated rings. The molecular formula is C9H15Cl3O2. The summed E-state index contributed by atoms with van der Waals surface area (Å²) in [5.41, 5.74) is 0. The van der Waals surface area contributed by atoms with Crippen LogP contribution in [-0.2, 0) is 9.53 Å². The van der Waals surface area contributed by atoms with Crippen molar-refractivity contribution in [3.8, 4) is 0 Å². The Balaban J connectivity index is 3.26. The predicted molar refractivity (Wildman–Crippen MR) is 60.0 cm³/mol. The van der Waals surface area contributed by atoms with Gasteiger partial charge in [0, 0.05) is 6.42 Å². The summed E-state index contributed by atoms with van der Waals surface area (Å²) < 4.78 is 3.61. The van der Waals surface area contributed by atoms with Crippen LogP contribution in [0.3, 0.4) is 0 Å². The van der Waals surface area contributed by atoms with Gasteiger partial charge in [0.2, 0.25) is 0 Å². The Morgan fingerprint density at radius 3 is 2.36 bits per heavy atom. The van der Waals surface area contributed by atoms with Gasteiger partial charge in [-0.15, -0.1) is 0 Å². The van der Waals surface area contributed by atoms with Crippen molar-refractivity contribution < 1.29 is 9.53 Å². The molecule has 0 amide bonds. The van der Waals surface area contributed by atoms with Gasteiger partial charge in [-0.05, 0) is 26.2 Å². The van der Waals surface area contributed by atoms with E-state index in [1.54, 1.807) is 6.92 Å². The van der Waals surface area contributed by atoms with Crippen LogP contribution in [0.2, 0.25) is 0 Å². The molecule has 0 bridgehead atoms. The summed E-state index contributed by atoms with van der Waals surface area (Å²) in [5, 5.41) is 0. The maximum atomic E-state index is 10.9. The van der Waals surface area contributed by atoms with Gasteiger partial charge in [0.15, 0.2) is 3.79 Å². The number of halogens is 3. The van der Waals surface area contributed by atoms with Gasteiger partial charge in [-0.2, -0.15) is 0 Å². The Morgan fingerprint density at radius 2 is 1.86 bits per heavy atom. The molecule has 0 spiro atoms. The second-order valence-corrected chi connectivity index (χ2v) is 5.50. The zero-order valence-electron chi connectivity index (χ0n) is 8.19. The molecule has 14 heavy (non-hydrogen) atoms. The number of carbonyl (C=O) groups excluding carboxylic acids is 1. The lowest BCUT2D eigenvalue weighted by Crippen LogP contribution is -2.04. The molecule has 0 saturated carbocycles. The molecule has 0 saturated heterocycles. The number of carbonyl (C=O) groups is 1. The van der Waals surface area contributed by atoms with Crippen molar-refractivity contribution in [3.63, 3.8) is 0 Å². The molecule has 0 aromatic rings. The van der Waals surface area contributed by atoms with Crippen LogP contribution in [0.15, 0.2) is 0 Å². The van der Waals surface area contributed by atoms with Gasteiger partial charge in [-0.25, -0.2) is 0 Å². The highest BCUT2D eigenvalue weighted by Gasteiger charge is 2.18. The number of unbranched alkanes of at least 4 members (excludes halogenated alkanes) is 2. The summed E-state index contributed by atoms with van der Waals surface area (Å²) in [4.78, 5) is 10.9. The highest BCUT2D eigenvalue weighted by Crippen LogP contribution is 2.32. The molecule has 0 aliphatic rings. The lowest BCUT2D eigenvalue weighted by Gasteiger charge is -2.09. The van der Waals surface area contributed by atoms with Crippen molar-refractivity contribution >= 4 is 40.8 Å². The zero-order chi connectivity index (χ0) is 11.0. The van der Waals surface area contributed by atoms with Crippen LogP contribution in [0.1, 0.15) is 39.0 Å². The van der Waals surface area contributed by atoms with Gasteiger partial charge < -0.3 is 4.74 Å². The second-order valence-electron chi connectivity index (χ2n) is 2.98. The lowest BCUT2D eigenvalue weighted by molar-refractivity contribution is -0.143. The second kappa shape index (κ2) is 7.61. The van der Waals surface area contributed by atoms with Gasteiger partial charge in [-0.1, -0.05) is 41.2 Å². The van der Waals surface area contributed by atoms with E-state index in [2.05, 4.69) is 0 Å². The van der Waals surface area contributed by atoms with Gasteiger partial charge >= 0.3 is 5.97 Å². The molecule has 0 aliphatic carbocycles. The van der Waals surface area contributed by atoms with Crippen molar-refractivity contribution in [2.24, 2.45) is 0 Å². The number of ether oxygens (including phenoxy) is 1. The summed E-state index contributed by atoms with van der Waals surface area (Å²) in [5.74, 6) is -0.151. The summed E-state index contributed by atoms with van der Waals surface area (Å²) >= 11 is 16.7. The molecule has 5 heteroatoms. The van der Waals surface area contributed by atoms with E-state index < -0.39 is 3.79 Å².